The molecule has 0 bridgehead atoms. The van der Waals surface area contributed by atoms with Crippen molar-refractivity contribution in [3.8, 4) is 5.75 Å². The van der Waals surface area contributed by atoms with E-state index in [1.165, 1.54) is 12.1 Å². The van der Waals surface area contributed by atoms with Crippen molar-refractivity contribution in [3.63, 3.8) is 0 Å². The van der Waals surface area contributed by atoms with E-state index in [9.17, 15) is 8.42 Å². The van der Waals surface area contributed by atoms with Crippen LogP contribution in [0.3, 0.4) is 0 Å². The first kappa shape index (κ1) is 14.4. The Kier molecular flexibility index (Phi) is 3.65. The van der Waals surface area contributed by atoms with Crippen LogP contribution in [-0.2, 0) is 9.84 Å². The molecule has 1 aliphatic heterocycles. The number of ether oxygens (including phenoxy) is 1. The minimum absolute atomic E-state index is 0.0448. The second-order valence-electron chi connectivity index (χ2n) is 4.91. The maximum atomic E-state index is 12.7. The molecule has 2 aromatic carbocycles. The van der Waals surface area contributed by atoms with Gasteiger partial charge in [0, 0.05) is 10.6 Å². The van der Waals surface area contributed by atoms with Crippen LogP contribution in [0.15, 0.2) is 53.4 Å². The molecule has 4 nitrogen and oxygen atoms in total. The summed E-state index contributed by atoms with van der Waals surface area (Å²) in [7, 11) is -3.58. The normalized spacial score (nSPS) is 21.4. The quantitative estimate of drug-likeness (QED) is 0.922. The summed E-state index contributed by atoms with van der Waals surface area (Å²) in [6.07, 6.45) is 0. The summed E-state index contributed by atoms with van der Waals surface area (Å²) < 4.78 is 31.0. The lowest BCUT2D eigenvalue weighted by atomic mass is 10.0. The Balaban J connectivity index is 1.99. The fourth-order valence-electron chi connectivity index (χ4n) is 2.44. The summed E-state index contributed by atoms with van der Waals surface area (Å²) in [5.74, 6) is 0.646. The Hall–Kier alpha value is -1.56. The average Bonchev–Trinajstić information content (AvgIpc) is 2.48. The van der Waals surface area contributed by atoms with Gasteiger partial charge in [-0.3, -0.25) is 0 Å². The molecule has 3 rings (SSSR count). The van der Waals surface area contributed by atoms with Gasteiger partial charge in [0.15, 0.2) is 9.84 Å². The van der Waals surface area contributed by atoms with E-state index in [0.29, 0.717) is 16.3 Å². The Morgan fingerprint density at radius 3 is 2.48 bits per heavy atom. The molecule has 0 aromatic heterocycles. The summed E-state index contributed by atoms with van der Waals surface area (Å²) in [5, 5.41) is -0.322. The highest BCUT2D eigenvalue weighted by Gasteiger charge is 2.38. The van der Waals surface area contributed by atoms with E-state index >= 15 is 0 Å². The molecule has 21 heavy (non-hydrogen) atoms. The SMILES string of the molecule is NC1c2ccccc2OCC1S(=O)(=O)c1ccc(Cl)cc1. The van der Waals surface area contributed by atoms with Crippen LogP contribution in [0.1, 0.15) is 11.6 Å². The predicted octanol–water partition coefficient (Wildman–Crippen LogP) is 2.57. The molecule has 1 aliphatic rings. The van der Waals surface area contributed by atoms with Crippen molar-refractivity contribution in [2.24, 2.45) is 5.73 Å². The maximum absolute atomic E-state index is 12.7. The number of halogens is 1. The molecule has 2 atom stereocenters. The first-order valence-corrected chi connectivity index (χ1v) is 8.39. The Morgan fingerprint density at radius 2 is 1.76 bits per heavy atom. The van der Waals surface area contributed by atoms with E-state index in [4.69, 9.17) is 22.1 Å². The number of para-hydroxylation sites is 1. The minimum atomic E-state index is -3.58. The van der Waals surface area contributed by atoms with Gasteiger partial charge in [-0.2, -0.15) is 0 Å². The van der Waals surface area contributed by atoms with Crippen molar-refractivity contribution in [1.82, 2.24) is 0 Å². The summed E-state index contributed by atoms with van der Waals surface area (Å²) in [4.78, 5) is 0.204. The molecule has 110 valence electrons. The molecule has 1 heterocycles. The van der Waals surface area contributed by atoms with Crippen LogP contribution in [-0.4, -0.2) is 20.3 Å². The molecular formula is C15H14ClNO3S. The van der Waals surface area contributed by atoms with Crippen molar-refractivity contribution in [2.75, 3.05) is 6.61 Å². The highest BCUT2D eigenvalue weighted by atomic mass is 35.5. The van der Waals surface area contributed by atoms with Gasteiger partial charge >= 0.3 is 0 Å². The number of nitrogens with two attached hydrogens (primary N) is 1. The lowest BCUT2D eigenvalue weighted by Gasteiger charge is -2.30. The second-order valence-corrected chi connectivity index (χ2v) is 7.52. The maximum Gasteiger partial charge on any atom is 0.186 e. The molecule has 2 unspecified atom stereocenters. The highest BCUT2D eigenvalue weighted by Crippen LogP contribution is 2.35. The highest BCUT2D eigenvalue weighted by molar-refractivity contribution is 7.92. The minimum Gasteiger partial charge on any atom is -0.492 e. The van der Waals surface area contributed by atoms with Crippen LogP contribution in [0.25, 0.3) is 0 Å². The smallest absolute Gasteiger partial charge is 0.186 e. The predicted molar refractivity (Wildman–Crippen MR) is 81.3 cm³/mol. The zero-order valence-corrected chi connectivity index (χ0v) is 12.6. The molecule has 2 aromatic rings. The van der Waals surface area contributed by atoms with Gasteiger partial charge in [-0.25, -0.2) is 8.42 Å². The van der Waals surface area contributed by atoms with E-state index in [-0.39, 0.29) is 11.5 Å². The van der Waals surface area contributed by atoms with Crippen molar-refractivity contribution >= 4 is 21.4 Å². The summed E-state index contributed by atoms with van der Waals surface area (Å²) in [5.41, 5.74) is 6.87. The van der Waals surface area contributed by atoms with E-state index in [1.807, 2.05) is 12.1 Å². The fourth-order valence-corrected chi connectivity index (χ4v) is 4.22. The molecule has 0 fully saturated rings. The fraction of sp³-hybridized carbons (Fsp3) is 0.200. The van der Waals surface area contributed by atoms with Gasteiger partial charge in [-0.05, 0) is 30.3 Å². The Labute approximate surface area is 128 Å². The van der Waals surface area contributed by atoms with Crippen molar-refractivity contribution in [1.29, 1.82) is 0 Å². The van der Waals surface area contributed by atoms with Crippen LogP contribution in [0.5, 0.6) is 5.75 Å². The number of sulfone groups is 1. The van der Waals surface area contributed by atoms with Gasteiger partial charge in [0.1, 0.15) is 17.6 Å². The summed E-state index contributed by atoms with van der Waals surface area (Å²) in [6, 6.07) is 12.7. The van der Waals surface area contributed by atoms with Crippen LogP contribution in [0.4, 0.5) is 0 Å². The van der Waals surface area contributed by atoms with Gasteiger partial charge < -0.3 is 10.5 Å². The molecule has 0 saturated heterocycles. The molecular weight excluding hydrogens is 310 g/mol. The van der Waals surface area contributed by atoms with Gasteiger partial charge in [-0.1, -0.05) is 29.8 Å². The molecule has 6 heteroatoms. The van der Waals surface area contributed by atoms with Gasteiger partial charge in [0.2, 0.25) is 0 Å². The van der Waals surface area contributed by atoms with Crippen LogP contribution in [0, 0.1) is 0 Å². The monoisotopic (exact) mass is 323 g/mol. The summed E-state index contributed by atoms with van der Waals surface area (Å²) >= 11 is 5.80. The van der Waals surface area contributed by atoms with E-state index in [2.05, 4.69) is 0 Å². The van der Waals surface area contributed by atoms with Crippen LogP contribution < -0.4 is 10.5 Å². The Bertz CT molecular complexity index is 759. The van der Waals surface area contributed by atoms with Gasteiger partial charge in [-0.15, -0.1) is 0 Å². The number of benzene rings is 2. The van der Waals surface area contributed by atoms with Crippen LogP contribution in [0.2, 0.25) is 5.02 Å². The zero-order valence-electron chi connectivity index (χ0n) is 11.1. The Morgan fingerprint density at radius 1 is 1.10 bits per heavy atom. The van der Waals surface area contributed by atoms with Crippen molar-refractivity contribution < 1.29 is 13.2 Å². The molecule has 2 N–H and O–H groups in total. The topological polar surface area (TPSA) is 69.4 Å². The second kappa shape index (κ2) is 5.33. The van der Waals surface area contributed by atoms with Gasteiger partial charge in [0.05, 0.1) is 10.9 Å². The molecule has 0 spiro atoms. The average molecular weight is 324 g/mol. The van der Waals surface area contributed by atoms with E-state index in [1.54, 1.807) is 24.3 Å². The molecule has 0 aliphatic carbocycles. The lowest BCUT2D eigenvalue weighted by Crippen LogP contribution is -2.41. The number of rotatable bonds is 2. The largest absolute Gasteiger partial charge is 0.492 e. The summed E-state index contributed by atoms with van der Waals surface area (Å²) in [6.45, 7) is 0.0448. The molecule has 0 amide bonds. The molecule has 0 saturated carbocycles. The van der Waals surface area contributed by atoms with E-state index in [0.717, 1.165) is 0 Å². The first-order chi connectivity index (χ1) is 10.00. The van der Waals surface area contributed by atoms with Crippen LogP contribution >= 0.6 is 11.6 Å². The third kappa shape index (κ3) is 2.52. The number of hydrogen-bond donors (Lipinski definition) is 1. The van der Waals surface area contributed by atoms with Crippen molar-refractivity contribution in [2.45, 2.75) is 16.2 Å². The number of hydrogen-bond acceptors (Lipinski definition) is 4. The first-order valence-electron chi connectivity index (χ1n) is 6.47. The third-order valence-electron chi connectivity index (χ3n) is 3.62. The zero-order chi connectivity index (χ0) is 15.0. The third-order valence-corrected chi connectivity index (χ3v) is 6.03. The van der Waals surface area contributed by atoms with E-state index < -0.39 is 21.1 Å². The lowest BCUT2D eigenvalue weighted by molar-refractivity contribution is 0.270. The number of fused-ring (bicyclic) bond motifs is 1. The van der Waals surface area contributed by atoms with Crippen molar-refractivity contribution in [3.05, 3.63) is 59.1 Å². The molecule has 0 radical (unpaired) electrons. The standard InChI is InChI=1S/C15H14ClNO3S/c16-10-5-7-11(8-6-10)21(18,19)14-9-20-13-4-2-1-3-12(13)15(14)17/h1-8,14-15H,9,17H2. The van der Waals surface area contributed by atoms with Gasteiger partial charge in [0.25, 0.3) is 0 Å².